The van der Waals surface area contributed by atoms with Crippen molar-refractivity contribution in [1.29, 1.82) is 0 Å². The van der Waals surface area contributed by atoms with Crippen LogP contribution in [0, 0.1) is 0 Å². The van der Waals surface area contributed by atoms with Gasteiger partial charge in [-0.1, -0.05) is 22.0 Å². The van der Waals surface area contributed by atoms with Crippen LogP contribution in [0.5, 0.6) is 0 Å². The van der Waals surface area contributed by atoms with Crippen molar-refractivity contribution in [3.8, 4) is 0 Å². The Hall–Kier alpha value is -2.12. The normalized spacial score (nSPS) is 10.9. The Labute approximate surface area is 150 Å². The van der Waals surface area contributed by atoms with Gasteiger partial charge in [0.05, 0.1) is 18.5 Å². The molecule has 0 saturated heterocycles. The van der Waals surface area contributed by atoms with E-state index in [1.165, 1.54) is 10.4 Å². The second kappa shape index (κ2) is 7.63. The zero-order valence-corrected chi connectivity index (χ0v) is 15.5. The van der Waals surface area contributed by atoms with Gasteiger partial charge in [-0.15, -0.1) is 6.58 Å². The molecule has 5 nitrogen and oxygen atoms in total. The van der Waals surface area contributed by atoms with Crippen molar-refractivity contribution in [2.75, 3.05) is 22.4 Å². The minimum atomic E-state index is -3.41. The lowest BCUT2D eigenvalue weighted by molar-refractivity contribution is 0.102. The number of amides is 1. The summed E-state index contributed by atoms with van der Waals surface area (Å²) in [7, 11) is -3.41. The first-order chi connectivity index (χ1) is 11.3. The van der Waals surface area contributed by atoms with Crippen LogP contribution in [0.1, 0.15) is 10.4 Å². The molecule has 2 rings (SSSR count). The molecule has 0 aromatic heterocycles. The predicted molar refractivity (Wildman–Crippen MR) is 101 cm³/mol. The largest absolute Gasteiger partial charge is 0.322 e. The number of benzene rings is 2. The van der Waals surface area contributed by atoms with E-state index in [0.29, 0.717) is 16.9 Å². The molecule has 0 aliphatic carbocycles. The van der Waals surface area contributed by atoms with Crippen LogP contribution >= 0.6 is 15.9 Å². The maximum atomic E-state index is 12.2. The second-order valence-corrected chi connectivity index (χ2v) is 7.91. The van der Waals surface area contributed by atoms with Gasteiger partial charge in [-0.2, -0.15) is 0 Å². The van der Waals surface area contributed by atoms with Crippen LogP contribution in [0.3, 0.4) is 0 Å². The number of halogens is 1. The minimum Gasteiger partial charge on any atom is -0.322 e. The van der Waals surface area contributed by atoms with Crippen molar-refractivity contribution in [3.63, 3.8) is 0 Å². The van der Waals surface area contributed by atoms with E-state index < -0.39 is 10.0 Å². The van der Waals surface area contributed by atoms with Gasteiger partial charge < -0.3 is 5.32 Å². The van der Waals surface area contributed by atoms with E-state index in [4.69, 9.17) is 0 Å². The summed E-state index contributed by atoms with van der Waals surface area (Å²) in [6, 6.07) is 13.6. The quantitative estimate of drug-likeness (QED) is 0.741. The highest BCUT2D eigenvalue weighted by atomic mass is 79.9. The second-order valence-electron chi connectivity index (χ2n) is 5.09. The molecular weight excluding hydrogens is 392 g/mol. The van der Waals surface area contributed by atoms with Gasteiger partial charge in [-0.3, -0.25) is 9.10 Å². The zero-order chi connectivity index (χ0) is 17.7. The average molecular weight is 409 g/mol. The summed E-state index contributed by atoms with van der Waals surface area (Å²) in [5.74, 6) is -0.265. The predicted octanol–water partition coefficient (Wildman–Crippen LogP) is 3.65. The number of carbonyl (C=O) groups excluding carboxylic acids is 1. The fraction of sp³-hybridized carbons (Fsp3) is 0.118. The topological polar surface area (TPSA) is 66.5 Å². The standard InChI is InChI=1S/C17H17BrN2O3S/c1-3-12-20(24(2,22)23)16-10-4-13(5-11-16)17(21)19-15-8-6-14(18)7-9-15/h3-11H,1,12H2,2H3,(H,19,21). The molecule has 1 N–H and O–H groups in total. The number of sulfonamides is 1. The van der Waals surface area contributed by atoms with Crippen LogP contribution in [-0.4, -0.2) is 27.1 Å². The van der Waals surface area contributed by atoms with Crippen LogP contribution in [0.25, 0.3) is 0 Å². The third-order valence-corrected chi connectivity index (χ3v) is 4.90. The number of nitrogens with one attached hydrogen (secondary N) is 1. The number of nitrogens with zero attached hydrogens (tertiary/aromatic N) is 1. The first-order valence-electron chi connectivity index (χ1n) is 7.07. The molecule has 2 aromatic rings. The molecule has 126 valence electrons. The Morgan fingerprint density at radius 2 is 1.75 bits per heavy atom. The number of anilines is 2. The summed E-state index contributed by atoms with van der Waals surface area (Å²) in [5, 5.41) is 2.78. The maximum absolute atomic E-state index is 12.2. The highest BCUT2D eigenvalue weighted by Gasteiger charge is 2.16. The van der Waals surface area contributed by atoms with Crippen molar-refractivity contribution in [2.24, 2.45) is 0 Å². The number of rotatable bonds is 6. The summed E-state index contributed by atoms with van der Waals surface area (Å²) in [6.45, 7) is 3.73. The fourth-order valence-corrected chi connectivity index (χ4v) is 3.21. The van der Waals surface area contributed by atoms with Gasteiger partial charge in [0, 0.05) is 15.7 Å². The highest BCUT2D eigenvalue weighted by molar-refractivity contribution is 9.10. The van der Waals surface area contributed by atoms with E-state index in [-0.39, 0.29) is 12.5 Å². The van der Waals surface area contributed by atoms with E-state index in [2.05, 4.69) is 27.8 Å². The zero-order valence-electron chi connectivity index (χ0n) is 13.1. The minimum absolute atomic E-state index is 0.170. The molecule has 0 unspecified atom stereocenters. The van der Waals surface area contributed by atoms with Gasteiger partial charge in [-0.05, 0) is 48.5 Å². The molecule has 2 aromatic carbocycles. The van der Waals surface area contributed by atoms with E-state index in [0.717, 1.165) is 10.7 Å². The van der Waals surface area contributed by atoms with Crippen molar-refractivity contribution in [1.82, 2.24) is 0 Å². The molecule has 0 bridgehead atoms. The van der Waals surface area contributed by atoms with Crippen molar-refractivity contribution in [2.45, 2.75) is 0 Å². The van der Waals surface area contributed by atoms with Gasteiger partial charge in [0.15, 0.2) is 0 Å². The monoisotopic (exact) mass is 408 g/mol. The van der Waals surface area contributed by atoms with Crippen molar-refractivity contribution in [3.05, 3.63) is 71.2 Å². The summed E-state index contributed by atoms with van der Waals surface area (Å²) in [5.41, 5.74) is 1.60. The summed E-state index contributed by atoms with van der Waals surface area (Å²) in [6.07, 6.45) is 2.64. The number of carbonyl (C=O) groups is 1. The van der Waals surface area contributed by atoms with Gasteiger partial charge >= 0.3 is 0 Å². The Kier molecular flexibility index (Phi) is 5.80. The van der Waals surface area contributed by atoms with Crippen LogP contribution in [0.15, 0.2) is 65.7 Å². The molecule has 0 heterocycles. The lowest BCUT2D eigenvalue weighted by Gasteiger charge is -2.20. The Bertz CT molecular complexity index is 831. The van der Waals surface area contributed by atoms with Crippen LogP contribution in [0.2, 0.25) is 0 Å². The third kappa shape index (κ3) is 4.69. The van der Waals surface area contributed by atoms with E-state index in [9.17, 15) is 13.2 Å². The fourth-order valence-electron chi connectivity index (χ4n) is 2.07. The smallest absolute Gasteiger partial charge is 0.255 e. The van der Waals surface area contributed by atoms with E-state index >= 15 is 0 Å². The van der Waals surface area contributed by atoms with Gasteiger partial charge in [0.1, 0.15) is 0 Å². The van der Waals surface area contributed by atoms with Crippen molar-refractivity contribution >= 4 is 43.2 Å². The number of hydrogen-bond acceptors (Lipinski definition) is 3. The molecular formula is C17H17BrN2O3S. The molecule has 1 amide bonds. The number of hydrogen-bond donors (Lipinski definition) is 1. The Morgan fingerprint density at radius 1 is 1.17 bits per heavy atom. The van der Waals surface area contributed by atoms with Crippen molar-refractivity contribution < 1.29 is 13.2 Å². The molecule has 0 radical (unpaired) electrons. The summed E-state index contributed by atoms with van der Waals surface area (Å²) >= 11 is 3.33. The third-order valence-electron chi connectivity index (χ3n) is 3.21. The highest BCUT2D eigenvalue weighted by Crippen LogP contribution is 2.19. The summed E-state index contributed by atoms with van der Waals surface area (Å²) in [4.78, 5) is 12.2. The van der Waals surface area contributed by atoms with Gasteiger partial charge in [0.25, 0.3) is 5.91 Å². The first-order valence-corrected chi connectivity index (χ1v) is 9.71. The van der Waals surface area contributed by atoms with Crippen LogP contribution < -0.4 is 9.62 Å². The molecule has 0 spiro atoms. The molecule has 0 aliphatic rings. The maximum Gasteiger partial charge on any atom is 0.255 e. The molecule has 24 heavy (non-hydrogen) atoms. The lowest BCUT2D eigenvalue weighted by atomic mass is 10.2. The molecule has 0 atom stereocenters. The molecule has 0 aliphatic heterocycles. The van der Waals surface area contributed by atoms with E-state index in [1.807, 2.05) is 12.1 Å². The average Bonchev–Trinajstić information content (AvgIpc) is 2.54. The van der Waals surface area contributed by atoms with Gasteiger partial charge in [-0.25, -0.2) is 8.42 Å². The molecule has 0 fully saturated rings. The van der Waals surface area contributed by atoms with Crippen LogP contribution in [-0.2, 0) is 10.0 Å². The molecule has 0 saturated carbocycles. The van der Waals surface area contributed by atoms with Crippen LogP contribution in [0.4, 0.5) is 11.4 Å². The first kappa shape index (κ1) is 18.2. The Morgan fingerprint density at radius 3 is 2.25 bits per heavy atom. The Balaban J connectivity index is 2.17. The van der Waals surface area contributed by atoms with E-state index in [1.54, 1.807) is 36.4 Å². The molecule has 7 heteroatoms. The lowest BCUT2D eigenvalue weighted by Crippen LogP contribution is -2.29. The SMILES string of the molecule is C=CCN(c1ccc(C(=O)Nc2ccc(Br)cc2)cc1)S(C)(=O)=O. The summed E-state index contributed by atoms with van der Waals surface area (Å²) < 4.78 is 25.8. The van der Waals surface area contributed by atoms with Gasteiger partial charge in [0.2, 0.25) is 10.0 Å².